The molecule has 0 saturated carbocycles. The molecule has 1 heterocycles. The maximum absolute atomic E-state index is 13.4. The monoisotopic (exact) mass is 640 g/mol. The second-order valence-corrected chi connectivity index (χ2v) is 10.8. The molecule has 43 heavy (non-hydrogen) atoms. The van der Waals surface area contributed by atoms with Crippen molar-refractivity contribution >= 4 is 45.5 Å². The lowest BCUT2D eigenvalue weighted by Gasteiger charge is -2.26. The molecule has 0 aliphatic carbocycles. The Hall–Kier alpha value is -4.89. The van der Waals surface area contributed by atoms with E-state index in [0.717, 1.165) is 16.0 Å². The third-order valence-corrected chi connectivity index (χ3v) is 7.55. The van der Waals surface area contributed by atoms with Crippen molar-refractivity contribution in [2.75, 3.05) is 12.0 Å². The van der Waals surface area contributed by atoms with E-state index in [1.165, 1.54) is 24.3 Å². The number of nitrogens with one attached hydrogen (secondary N) is 1. The van der Waals surface area contributed by atoms with Crippen molar-refractivity contribution in [3.8, 4) is 17.2 Å². The molecule has 0 bridgehead atoms. The number of hydrogen-bond donors (Lipinski definition) is 1. The fourth-order valence-corrected chi connectivity index (χ4v) is 5.08. The average molecular weight is 642 g/mol. The molecule has 4 aromatic carbocycles. The van der Waals surface area contributed by atoms with Gasteiger partial charge in [-0.05, 0) is 100 Å². The van der Waals surface area contributed by atoms with Crippen LogP contribution in [-0.4, -0.2) is 25.0 Å². The first-order chi connectivity index (χ1) is 20.7. The molecular weight excluding hydrogens is 612 g/mol. The highest BCUT2D eigenvalue weighted by Gasteiger charge is 2.37. The zero-order valence-corrected chi connectivity index (χ0v) is 25.4. The molecule has 218 valence electrons. The standard InChI is InChI=1S/C34H29BrN2O6/c1-21-9-10-24(15-22(21)2)20-43-31-29(35)17-25(18-30(31)41-3)16-28-32(38)36-34(40)37(33(28)39)26-11-13-27(14-12-26)42-19-23-7-5-4-6-8-23/h4-18H,19-20H2,1-3H3,(H,36,38,40)/b28-16+. The van der Waals surface area contributed by atoms with Crippen LogP contribution in [0.25, 0.3) is 6.08 Å². The van der Waals surface area contributed by atoms with Gasteiger partial charge in [-0.2, -0.15) is 0 Å². The summed E-state index contributed by atoms with van der Waals surface area (Å²) in [7, 11) is 1.51. The van der Waals surface area contributed by atoms with Gasteiger partial charge in [-0.25, -0.2) is 9.69 Å². The smallest absolute Gasteiger partial charge is 0.335 e. The van der Waals surface area contributed by atoms with Gasteiger partial charge in [0.15, 0.2) is 11.5 Å². The molecule has 0 unspecified atom stereocenters. The van der Waals surface area contributed by atoms with E-state index in [4.69, 9.17) is 14.2 Å². The van der Waals surface area contributed by atoms with Crippen molar-refractivity contribution in [2.45, 2.75) is 27.1 Å². The lowest BCUT2D eigenvalue weighted by molar-refractivity contribution is -0.122. The minimum absolute atomic E-state index is 0.207. The number of barbiturate groups is 1. The lowest BCUT2D eigenvalue weighted by Crippen LogP contribution is -2.54. The van der Waals surface area contributed by atoms with Crippen molar-refractivity contribution in [3.05, 3.63) is 123 Å². The quantitative estimate of drug-likeness (QED) is 0.158. The molecule has 1 saturated heterocycles. The van der Waals surface area contributed by atoms with Crippen LogP contribution >= 0.6 is 15.9 Å². The summed E-state index contributed by atoms with van der Waals surface area (Å²) in [5, 5.41) is 2.25. The van der Waals surface area contributed by atoms with Crippen molar-refractivity contribution in [2.24, 2.45) is 0 Å². The Bertz CT molecular complexity index is 1720. The molecule has 0 aromatic heterocycles. The van der Waals surface area contributed by atoms with Gasteiger partial charge in [-0.15, -0.1) is 0 Å². The van der Waals surface area contributed by atoms with Crippen LogP contribution in [0.4, 0.5) is 10.5 Å². The molecule has 0 radical (unpaired) electrons. The Morgan fingerprint density at radius 2 is 1.53 bits per heavy atom. The first kappa shape index (κ1) is 29.6. The number of aryl methyl sites for hydroxylation is 2. The van der Waals surface area contributed by atoms with Gasteiger partial charge in [0.1, 0.15) is 24.5 Å². The molecule has 4 amide bonds. The third-order valence-electron chi connectivity index (χ3n) is 6.96. The summed E-state index contributed by atoms with van der Waals surface area (Å²) in [6.45, 7) is 4.80. The van der Waals surface area contributed by atoms with E-state index in [9.17, 15) is 14.4 Å². The Morgan fingerprint density at radius 3 is 2.23 bits per heavy atom. The number of halogens is 1. The summed E-state index contributed by atoms with van der Waals surface area (Å²) >= 11 is 3.53. The topological polar surface area (TPSA) is 94.2 Å². The van der Waals surface area contributed by atoms with Gasteiger partial charge in [0.05, 0.1) is 17.3 Å². The summed E-state index contributed by atoms with van der Waals surface area (Å²) in [6.07, 6.45) is 1.41. The molecule has 0 spiro atoms. The van der Waals surface area contributed by atoms with Crippen LogP contribution in [0, 0.1) is 13.8 Å². The number of hydrogen-bond acceptors (Lipinski definition) is 6. The van der Waals surface area contributed by atoms with Crippen LogP contribution in [0.3, 0.4) is 0 Å². The molecule has 1 N–H and O–H groups in total. The van der Waals surface area contributed by atoms with Crippen LogP contribution in [-0.2, 0) is 22.8 Å². The zero-order chi connectivity index (χ0) is 30.5. The summed E-state index contributed by atoms with van der Waals surface area (Å²) in [6, 6.07) is 24.9. The number of imide groups is 2. The Labute approximate surface area is 258 Å². The fourth-order valence-electron chi connectivity index (χ4n) is 4.50. The largest absolute Gasteiger partial charge is 0.493 e. The second-order valence-electron chi connectivity index (χ2n) is 9.97. The fraction of sp³-hybridized carbons (Fsp3) is 0.147. The van der Waals surface area contributed by atoms with Gasteiger partial charge in [-0.1, -0.05) is 48.5 Å². The van der Waals surface area contributed by atoms with Crippen molar-refractivity contribution in [3.63, 3.8) is 0 Å². The summed E-state index contributed by atoms with van der Waals surface area (Å²) < 4.78 is 18.0. The molecule has 5 rings (SSSR count). The minimum Gasteiger partial charge on any atom is -0.493 e. The molecule has 1 aliphatic rings. The highest BCUT2D eigenvalue weighted by atomic mass is 79.9. The number of methoxy groups -OCH3 is 1. The first-order valence-electron chi connectivity index (χ1n) is 13.5. The average Bonchev–Trinajstić information content (AvgIpc) is 3.00. The number of carbonyl (C=O) groups is 3. The van der Waals surface area contributed by atoms with Gasteiger partial charge in [0.2, 0.25) is 0 Å². The van der Waals surface area contributed by atoms with E-state index in [-0.39, 0.29) is 5.57 Å². The number of anilines is 1. The van der Waals surface area contributed by atoms with E-state index in [0.29, 0.717) is 46.2 Å². The van der Waals surface area contributed by atoms with Gasteiger partial charge >= 0.3 is 6.03 Å². The highest BCUT2D eigenvalue weighted by molar-refractivity contribution is 9.10. The number of nitrogens with zero attached hydrogens (tertiary/aromatic N) is 1. The Balaban J connectivity index is 1.34. The number of benzene rings is 4. The van der Waals surface area contributed by atoms with Gasteiger partial charge in [0, 0.05) is 0 Å². The van der Waals surface area contributed by atoms with E-state index in [1.54, 1.807) is 36.4 Å². The molecule has 0 atom stereocenters. The number of urea groups is 1. The van der Waals surface area contributed by atoms with E-state index >= 15 is 0 Å². The molecule has 8 nitrogen and oxygen atoms in total. The van der Waals surface area contributed by atoms with Crippen LogP contribution in [0.5, 0.6) is 17.2 Å². The molecule has 9 heteroatoms. The van der Waals surface area contributed by atoms with Crippen LogP contribution < -0.4 is 24.4 Å². The zero-order valence-electron chi connectivity index (χ0n) is 23.8. The first-order valence-corrected chi connectivity index (χ1v) is 14.3. The maximum Gasteiger partial charge on any atom is 0.335 e. The number of carbonyl (C=O) groups excluding carboxylic acids is 3. The van der Waals surface area contributed by atoms with E-state index in [1.807, 2.05) is 49.4 Å². The maximum atomic E-state index is 13.4. The van der Waals surface area contributed by atoms with Crippen molar-refractivity contribution < 1.29 is 28.6 Å². The second kappa shape index (κ2) is 13.0. The molecule has 1 aliphatic heterocycles. The van der Waals surface area contributed by atoms with E-state index < -0.39 is 17.8 Å². The predicted octanol–water partition coefficient (Wildman–Crippen LogP) is 6.90. The summed E-state index contributed by atoms with van der Waals surface area (Å²) in [5.74, 6) is -0.0846. The van der Waals surface area contributed by atoms with Crippen molar-refractivity contribution in [1.82, 2.24) is 5.32 Å². The SMILES string of the molecule is COc1cc(/C=C2\C(=O)NC(=O)N(c3ccc(OCc4ccccc4)cc3)C2=O)cc(Br)c1OCc1ccc(C)c(C)c1. The summed E-state index contributed by atoms with van der Waals surface area (Å²) in [5.41, 5.74) is 4.97. The lowest BCUT2D eigenvalue weighted by atomic mass is 10.1. The number of rotatable bonds is 9. The Morgan fingerprint density at radius 1 is 0.814 bits per heavy atom. The van der Waals surface area contributed by atoms with Gasteiger partial charge in [-0.3, -0.25) is 14.9 Å². The molecule has 1 fully saturated rings. The van der Waals surface area contributed by atoms with Crippen molar-refractivity contribution in [1.29, 1.82) is 0 Å². The third kappa shape index (κ3) is 6.79. The number of amides is 4. The van der Waals surface area contributed by atoms with E-state index in [2.05, 4.69) is 34.2 Å². The predicted molar refractivity (Wildman–Crippen MR) is 167 cm³/mol. The normalized spacial score (nSPS) is 14.1. The molecular formula is C34H29BrN2O6. The highest BCUT2D eigenvalue weighted by Crippen LogP contribution is 2.38. The molecule has 4 aromatic rings. The Kier molecular flexibility index (Phi) is 8.92. The minimum atomic E-state index is -0.834. The number of ether oxygens (including phenoxy) is 3. The summed E-state index contributed by atoms with van der Waals surface area (Å²) in [4.78, 5) is 39.8. The van der Waals surface area contributed by atoms with Gasteiger partial charge in [0.25, 0.3) is 11.8 Å². The van der Waals surface area contributed by atoms with Crippen LogP contribution in [0.1, 0.15) is 27.8 Å². The van der Waals surface area contributed by atoms with Crippen LogP contribution in [0.2, 0.25) is 0 Å². The van der Waals surface area contributed by atoms with Gasteiger partial charge < -0.3 is 14.2 Å². The van der Waals surface area contributed by atoms with Crippen LogP contribution in [0.15, 0.2) is 95.0 Å².